The Bertz CT molecular complexity index is 1320. The number of amides is 1. The van der Waals surface area contributed by atoms with E-state index in [1.54, 1.807) is 6.21 Å². The summed E-state index contributed by atoms with van der Waals surface area (Å²) >= 11 is 0. The van der Waals surface area contributed by atoms with Crippen LogP contribution < -0.4 is 11.1 Å². The van der Waals surface area contributed by atoms with Gasteiger partial charge in [0.05, 0.1) is 17.2 Å². The van der Waals surface area contributed by atoms with Crippen LogP contribution in [-0.2, 0) is 0 Å². The van der Waals surface area contributed by atoms with Crippen LogP contribution in [0.25, 0.3) is 22.2 Å². The molecule has 4 rings (SSSR count). The van der Waals surface area contributed by atoms with Crippen LogP contribution in [0.2, 0.25) is 0 Å². The second-order valence-electron chi connectivity index (χ2n) is 8.96. The summed E-state index contributed by atoms with van der Waals surface area (Å²) in [7, 11) is 0. The standard InChI is InChI=1S/C26H30N6O/c1-16(2)13-14-28-26(33)22-23-25(31-21-8-6-5-7-20(21)30-23)32(24(22)27)29-15-18-9-11-19(12-10-18)17(3)4/h5-12,15-17H,13-14,27H2,1-4H3,(H,28,33)/b29-15-. The zero-order chi connectivity index (χ0) is 23.5. The summed E-state index contributed by atoms with van der Waals surface area (Å²) in [5, 5.41) is 7.54. The van der Waals surface area contributed by atoms with Crippen molar-refractivity contribution >= 4 is 40.1 Å². The molecule has 0 aliphatic carbocycles. The third kappa shape index (κ3) is 4.72. The van der Waals surface area contributed by atoms with Gasteiger partial charge in [-0.1, -0.05) is 64.1 Å². The van der Waals surface area contributed by atoms with E-state index in [0.29, 0.717) is 46.1 Å². The van der Waals surface area contributed by atoms with Crippen LogP contribution in [0.5, 0.6) is 0 Å². The number of nitrogens with two attached hydrogens (primary N) is 1. The molecule has 2 heterocycles. The van der Waals surface area contributed by atoms with Gasteiger partial charge in [0.25, 0.3) is 5.91 Å². The summed E-state index contributed by atoms with van der Waals surface area (Å²) in [6.07, 6.45) is 2.60. The molecule has 0 aliphatic rings. The number of nitrogens with zero attached hydrogens (tertiary/aromatic N) is 4. The van der Waals surface area contributed by atoms with Crippen molar-refractivity contribution in [2.75, 3.05) is 12.3 Å². The lowest BCUT2D eigenvalue weighted by atomic mass is 10.0. The Kier molecular flexibility index (Phi) is 6.40. The molecule has 1 amide bonds. The Hall–Kier alpha value is -3.74. The van der Waals surface area contributed by atoms with E-state index in [2.05, 4.69) is 50.2 Å². The van der Waals surface area contributed by atoms with Gasteiger partial charge in [0, 0.05) is 6.54 Å². The minimum Gasteiger partial charge on any atom is -0.383 e. The van der Waals surface area contributed by atoms with Crippen molar-refractivity contribution in [2.45, 2.75) is 40.0 Å². The summed E-state index contributed by atoms with van der Waals surface area (Å²) in [6, 6.07) is 15.8. The molecule has 7 nitrogen and oxygen atoms in total. The normalized spacial score (nSPS) is 11.9. The highest BCUT2D eigenvalue weighted by molar-refractivity contribution is 6.10. The van der Waals surface area contributed by atoms with Crippen LogP contribution in [0.4, 0.5) is 5.82 Å². The van der Waals surface area contributed by atoms with Crippen molar-refractivity contribution in [1.82, 2.24) is 20.0 Å². The number of carbonyl (C=O) groups excluding carboxylic acids is 1. The molecule has 170 valence electrons. The Morgan fingerprint density at radius 1 is 1.06 bits per heavy atom. The van der Waals surface area contributed by atoms with Gasteiger partial charge >= 0.3 is 0 Å². The van der Waals surface area contributed by atoms with E-state index in [-0.39, 0.29) is 11.7 Å². The average molecular weight is 443 g/mol. The van der Waals surface area contributed by atoms with Crippen molar-refractivity contribution < 1.29 is 4.79 Å². The molecular weight excluding hydrogens is 412 g/mol. The SMILES string of the molecule is CC(C)CCNC(=O)c1c(N)n(/N=C\c2ccc(C(C)C)cc2)c2nc3ccccc3nc12. The number of nitrogens with one attached hydrogen (secondary N) is 1. The van der Waals surface area contributed by atoms with Gasteiger partial charge in [-0.05, 0) is 41.5 Å². The fourth-order valence-electron chi connectivity index (χ4n) is 3.64. The topological polar surface area (TPSA) is 98.2 Å². The van der Waals surface area contributed by atoms with Gasteiger partial charge < -0.3 is 11.1 Å². The van der Waals surface area contributed by atoms with Crippen molar-refractivity contribution in [1.29, 1.82) is 0 Å². The minimum absolute atomic E-state index is 0.220. The molecule has 0 atom stereocenters. The maximum atomic E-state index is 13.1. The molecule has 0 unspecified atom stereocenters. The highest BCUT2D eigenvalue weighted by atomic mass is 16.1. The largest absolute Gasteiger partial charge is 0.383 e. The zero-order valence-electron chi connectivity index (χ0n) is 19.5. The molecule has 0 saturated heterocycles. The van der Waals surface area contributed by atoms with Gasteiger partial charge in [-0.15, -0.1) is 0 Å². The molecule has 2 aromatic carbocycles. The van der Waals surface area contributed by atoms with E-state index in [9.17, 15) is 4.79 Å². The number of carbonyl (C=O) groups is 1. The lowest BCUT2D eigenvalue weighted by molar-refractivity contribution is 0.0954. The summed E-state index contributed by atoms with van der Waals surface area (Å²) in [6.45, 7) is 9.12. The van der Waals surface area contributed by atoms with Crippen LogP contribution in [-0.4, -0.2) is 33.3 Å². The number of nitrogen functional groups attached to an aromatic ring is 1. The van der Waals surface area contributed by atoms with Crippen LogP contribution in [0.3, 0.4) is 0 Å². The number of hydrogen-bond donors (Lipinski definition) is 2. The first-order valence-corrected chi connectivity index (χ1v) is 11.3. The van der Waals surface area contributed by atoms with Crippen LogP contribution in [0, 0.1) is 5.92 Å². The minimum atomic E-state index is -0.266. The highest BCUT2D eigenvalue weighted by Crippen LogP contribution is 2.28. The monoisotopic (exact) mass is 442 g/mol. The fourth-order valence-corrected chi connectivity index (χ4v) is 3.64. The lowest BCUT2D eigenvalue weighted by Gasteiger charge is -2.07. The van der Waals surface area contributed by atoms with Crippen LogP contribution in [0.1, 0.15) is 61.5 Å². The Morgan fingerprint density at radius 2 is 1.73 bits per heavy atom. The summed E-state index contributed by atoms with van der Waals surface area (Å²) < 4.78 is 1.50. The molecule has 0 bridgehead atoms. The summed E-state index contributed by atoms with van der Waals surface area (Å²) in [5.74, 6) is 0.898. The molecule has 0 fully saturated rings. The highest BCUT2D eigenvalue weighted by Gasteiger charge is 2.24. The maximum Gasteiger partial charge on any atom is 0.257 e. The zero-order valence-corrected chi connectivity index (χ0v) is 19.5. The number of rotatable bonds is 7. The molecule has 2 aromatic heterocycles. The van der Waals surface area contributed by atoms with Gasteiger partial charge in [0.15, 0.2) is 5.65 Å². The molecule has 0 saturated carbocycles. The number of para-hydroxylation sites is 2. The maximum absolute atomic E-state index is 13.1. The van der Waals surface area contributed by atoms with Gasteiger partial charge in [-0.25, -0.2) is 9.97 Å². The van der Waals surface area contributed by atoms with E-state index in [0.717, 1.165) is 12.0 Å². The molecule has 0 spiro atoms. The first-order chi connectivity index (χ1) is 15.8. The number of benzene rings is 2. The molecule has 33 heavy (non-hydrogen) atoms. The molecule has 0 aliphatic heterocycles. The van der Waals surface area contributed by atoms with E-state index in [1.807, 2.05) is 36.4 Å². The Morgan fingerprint density at radius 3 is 2.36 bits per heavy atom. The molecule has 7 heteroatoms. The molecular formula is C26H30N6O. The third-order valence-corrected chi connectivity index (χ3v) is 5.63. The van der Waals surface area contributed by atoms with Crippen LogP contribution >= 0.6 is 0 Å². The van der Waals surface area contributed by atoms with Gasteiger partial charge in [0.1, 0.15) is 16.9 Å². The lowest BCUT2D eigenvalue weighted by Crippen LogP contribution is -2.26. The Balaban J connectivity index is 1.78. The number of hydrogen-bond acceptors (Lipinski definition) is 5. The number of anilines is 1. The smallest absolute Gasteiger partial charge is 0.257 e. The van der Waals surface area contributed by atoms with E-state index in [4.69, 9.17) is 15.7 Å². The predicted molar refractivity (Wildman–Crippen MR) is 135 cm³/mol. The quantitative estimate of drug-likeness (QED) is 0.396. The average Bonchev–Trinajstić information content (AvgIpc) is 3.06. The fraction of sp³-hybridized carbons (Fsp3) is 0.308. The van der Waals surface area contributed by atoms with Crippen molar-refractivity contribution in [3.8, 4) is 0 Å². The van der Waals surface area contributed by atoms with Crippen molar-refractivity contribution in [3.05, 3.63) is 65.2 Å². The second-order valence-corrected chi connectivity index (χ2v) is 8.96. The first-order valence-electron chi connectivity index (χ1n) is 11.3. The summed E-state index contributed by atoms with van der Waals surface area (Å²) in [5.41, 5.74) is 11.3. The second kappa shape index (κ2) is 9.40. The van der Waals surface area contributed by atoms with E-state index in [1.165, 1.54) is 10.2 Å². The Labute approximate surface area is 193 Å². The third-order valence-electron chi connectivity index (χ3n) is 5.63. The van der Waals surface area contributed by atoms with E-state index < -0.39 is 0 Å². The first kappa shape index (κ1) is 22.5. The van der Waals surface area contributed by atoms with Crippen molar-refractivity contribution in [3.63, 3.8) is 0 Å². The predicted octanol–water partition coefficient (Wildman–Crippen LogP) is 4.95. The van der Waals surface area contributed by atoms with Crippen molar-refractivity contribution in [2.24, 2.45) is 11.0 Å². The van der Waals surface area contributed by atoms with Crippen LogP contribution in [0.15, 0.2) is 53.6 Å². The molecule has 0 radical (unpaired) electrons. The van der Waals surface area contributed by atoms with E-state index >= 15 is 0 Å². The number of fused-ring (bicyclic) bond motifs is 2. The molecule has 4 aromatic rings. The van der Waals surface area contributed by atoms with Gasteiger partial charge in [-0.3, -0.25) is 4.79 Å². The molecule has 3 N–H and O–H groups in total. The van der Waals surface area contributed by atoms with Gasteiger partial charge in [-0.2, -0.15) is 9.78 Å². The van der Waals surface area contributed by atoms with Gasteiger partial charge in [0.2, 0.25) is 0 Å². The number of aromatic nitrogens is 3. The summed E-state index contributed by atoms with van der Waals surface area (Å²) in [4.78, 5) is 22.5.